The maximum atomic E-state index is 12.4. The number of amides is 1. The van der Waals surface area contributed by atoms with Gasteiger partial charge >= 0.3 is 0 Å². The zero-order valence-electron chi connectivity index (χ0n) is 16.9. The van der Waals surface area contributed by atoms with E-state index in [0.29, 0.717) is 26.4 Å². The van der Waals surface area contributed by atoms with E-state index in [0.717, 1.165) is 43.8 Å². The van der Waals surface area contributed by atoms with Crippen LogP contribution < -0.4 is 15.8 Å². The molecule has 1 fully saturated rings. The van der Waals surface area contributed by atoms with Gasteiger partial charge in [0.25, 0.3) is 0 Å². The molecule has 0 aliphatic carbocycles. The lowest BCUT2D eigenvalue weighted by atomic mass is 9.92. The summed E-state index contributed by atoms with van der Waals surface area (Å²) >= 11 is 0. The summed E-state index contributed by atoms with van der Waals surface area (Å²) in [5, 5.41) is 2.96. The van der Waals surface area contributed by atoms with E-state index in [4.69, 9.17) is 15.2 Å². The minimum absolute atomic E-state index is 0. The number of likely N-dealkylation sites (N-methyl/N-ethyl adjacent to an activating group) is 1. The van der Waals surface area contributed by atoms with Crippen LogP contribution >= 0.6 is 24.8 Å². The maximum absolute atomic E-state index is 12.4. The average Bonchev–Trinajstić information content (AvgIpc) is 2.70. The summed E-state index contributed by atoms with van der Waals surface area (Å²) in [6, 6.07) is 7.35. The molecule has 0 spiro atoms. The number of hydrogen-bond donors (Lipinski definition) is 2. The quantitative estimate of drug-likeness (QED) is 0.590. The topological polar surface area (TPSA) is 76.8 Å². The lowest BCUT2D eigenvalue weighted by Crippen LogP contribution is -2.46. The summed E-state index contributed by atoms with van der Waals surface area (Å²) in [5.41, 5.74) is 7.11. The monoisotopic (exact) mass is 435 g/mol. The number of para-hydroxylation sites is 1. The van der Waals surface area contributed by atoms with Crippen LogP contribution in [0.5, 0.6) is 5.75 Å². The fourth-order valence-corrected chi connectivity index (χ4v) is 3.20. The number of carbonyl (C=O) groups excluding carboxylic acids is 1. The molecule has 3 N–H and O–H groups in total. The van der Waals surface area contributed by atoms with Crippen molar-refractivity contribution in [1.29, 1.82) is 0 Å². The Labute approximate surface area is 181 Å². The highest BCUT2D eigenvalue weighted by Gasteiger charge is 2.26. The van der Waals surface area contributed by atoms with Crippen molar-refractivity contribution in [1.82, 2.24) is 10.2 Å². The molecule has 6 nitrogen and oxygen atoms in total. The number of nitrogens with two attached hydrogens (primary N) is 1. The fraction of sp³-hybridized carbons (Fsp3) is 0.650. The van der Waals surface area contributed by atoms with E-state index in [1.54, 1.807) is 0 Å². The molecule has 1 saturated heterocycles. The molecule has 0 aromatic heterocycles. The number of rotatable bonds is 10. The van der Waals surface area contributed by atoms with E-state index < -0.39 is 6.04 Å². The number of benzene rings is 1. The molecule has 1 aromatic rings. The van der Waals surface area contributed by atoms with Crippen molar-refractivity contribution in [3.05, 3.63) is 29.8 Å². The molecular weight excluding hydrogens is 401 g/mol. The number of nitrogens with zero attached hydrogens (tertiary/aromatic N) is 1. The lowest BCUT2D eigenvalue weighted by molar-refractivity contribution is -0.124. The van der Waals surface area contributed by atoms with Crippen molar-refractivity contribution in [3.8, 4) is 5.75 Å². The molecule has 8 heteroatoms. The molecule has 1 aliphatic rings. The smallest absolute Gasteiger partial charge is 0.237 e. The van der Waals surface area contributed by atoms with Gasteiger partial charge in [0, 0.05) is 31.9 Å². The standard InChI is InChI=1S/C20H33N3O3.2ClH/c1-3-23(4-2)11-14-26-18-8-6-5-7-17(18)15-22-20(24)19(21)16-9-12-25-13-10-16;;/h5-8,16,19H,3-4,9-15,21H2,1-2H3,(H,22,24);2*1H. The van der Waals surface area contributed by atoms with Crippen LogP contribution in [0.3, 0.4) is 0 Å². The van der Waals surface area contributed by atoms with Gasteiger partial charge in [0.2, 0.25) is 5.91 Å². The van der Waals surface area contributed by atoms with Gasteiger partial charge in [-0.15, -0.1) is 24.8 Å². The van der Waals surface area contributed by atoms with E-state index in [1.807, 2.05) is 24.3 Å². The van der Waals surface area contributed by atoms with E-state index in [-0.39, 0.29) is 36.6 Å². The molecule has 1 aliphatic heterocycles. The van der Waals surface area contributed by atoms with Gasteiger partial charge in [-0.2, -0.15) is 0 Å². The first-order chi connectivity index (χ1) is 12.7. The van der Waals surface area contributed by atoms with Crippen LogP contribution in [-0.2, 0) is 16.1 Å². The Balaban J connectivity index is 0.00000364. The van der Waals surface area contributed by atoms with Gasteiger partial charge in [0.05, 0.1) is 6.04 Å². The van der Waals surface area contributed by atoms with Crippen molar-refractivity contribution < 1.29 is 14.3 Å². The second kappa shape index (κ2) is 14.9. The predicted octanol–water partition coefficient (Wildman–Crippen LogP) is 2.62. The molecule has 1 aromatic carbocycles. The van der Waals surface area contributed by atoms with Gasteiger partial charge in [-0.3, -0.25) is 4.79 Å². The summed E-state index contributed by atoms with van der Waals surface area (Å²) in [4.78, 5) is 14.7. The maximum Gasteiger partial charge on any atom is 0.237 e. The zero-order chi connectivity index (χ0) is 18.8. The molecule has 1 heterocycles. The van der Waals surface area contributed by atoms with Crippen LogP contribution in [0.25, 0.3) is 0 Å². The van der Waals surface area contributed by atoms with Gasteiger partial charge in [-0.1, -0.05) is 32.0 Å². The molecule has 0 radical (unpaired) electrons. The SMILES string of the molecule is CCN(CC)CCOc1ccccc1CNC(=O)C(N)C1CCOCC1.Cl.Cl. The van der Waals surface area contributed by atoms with Crippen molar-refractivity contribution >= 4 is 30.7 Å². The normalized spacial score (nSPS) is 15.3. The third kappa shape index (κ3) is 8.53. The first kappa shape index (κ1) is 27.0. The van der Waals surface area contributed by atoms with Crippen molar-refractivity contribution in [2.24, 2.45) is 11.7 Å². The molecule has 0 bridgehead atoms. The number of nitrogens with one attached hydrogen (secondary N) is 1. The summed E-state index contributed by atoms with van der Waals surface area (Å²) in [6.45, 7) is 9.66. The van der Waals surface area contributed by atoms with Gasteiger partial charge in [0.15, 0.2) is 0 Å². The van der Waals surface area contributed by atoms with Crippen LogP contribution in [0, 0.1) is 5.92 Å². The highest BCUT2D eigenvalue weighted by Crippen LogP contribution is 2.19. The Morgan fingerprint density at radius 2 is 1.89 bits per heavy atom. The third-order valence-electron chi connectivity index (χ3n) is 5.06. The Hall–Kier alpha value is -1.05. The minimum Gasteiger partial charge on any atom is -0.492 e. The second-order valence-corrected chi connectivity index (χ2v) is 6.68. The van der Waals surface area contributed by atoms with E-state index >= 15 is 0 Å². The van der Waals surface area contributed by atoms with Gasteiger partial charge in [-0.25, -0.2) is 0 Å². The molecule has 1 unspecified atom stereocenters. The molecule has 1 atom stereocenters. The van der Waals surface area contributed by atoms with E-state index in [9.17, 15) is 4.79 Å². The Morgan fingerprint density at radius 1 is 1.25 bits per heavy atom. The Kier molecular flexibility index (Phi) is 14.3. The van der Waals surface area contributed by atoms with Crippen LogP contribution in [0.15, 0.2) is 24.3 Å². The molecular formula is C20H35Cl2N3O3. The highest BCUT2D eigenvalue weighted by atomic mass is 35.5. The third-order valence-corrected chi connectivity index (χ3v) is 5.06. The van der Waals surface area contributed by atoms with Gasteiger partial charge in [-0.05, 0) is 37.9 Å². The van der Waals surface area contributed by atoms with Crippen molar-refractivity contribution in [3.63, 3.8) is 0 Å². The number of ether oxygens (including phenoxy) is 2. The zero-order valence-corrected chi connectivity index (χ0v) is 18.5. The molecule has 28 heavy (non-hydrogen) atoms. The summed E-state index contributed by atoms with van der Waals surface area (Å²) in [5.74, 6) is 0.916. The van der Waals surface area contributed by atoms with Crippen LogP contribution in [0.4, 0.5) is 0 Å². The molecule has 2 rings (SSSR count). The lowest BCUT2D eigenvalue weighted by Gasteiger charge is -2.26. The summed E-state index contributed by atoms with van der Waals surface area (Å²) in [6.07, 6.45) is 1.69. The summed E-state index contributed by atoms with van der Waals surface area (Å²) in [7, 11) is 0. The molecule has 1 amide bonds. The van der Waals surface area contributed by atoms with Crippen LogP contribution in [-0.4, -0.2) is 56.3 Å². The number of carbonyl (C=O) groups is 1. The summed E-state index contributed by atoms with van der Waals surface area (Å²) < 4.78 is 11.3. The fourth-order valence-electron chi connectivity index (χ4n) is 3.20. The molecule has 162 valence electrons. The minimum atomic E-state index is -0.477. The first-order valence-electron chi connectivity index (χ1n) is 9.69. The second-order valence-electron chi connectivity index (χ2n) is 6.68. The van der Waals surface area contributed by atoms with Crippen LogP contribution in [0.2, 0.25) is 0 Å². The van der Waals surface area contributed by atoms with Gasteiger partial charge < -0.3 is 25.4 Å². The number of halogens is 2. The Morgan fingerprint density at radius 3 is 2.54 bits per heavy atom. The van der Waals surface area contributed by atoms with Crippen LogP contribution in [0.1, 0.15) is 32.3 Å². The van der Waals surface area contributed by atoms with E-state index in [2.05, 4.69) is 24.1 Å². The first-order valence-corrected chi connectivity index (χ1v) is 9.69. The van der Waals surface area contributed by atoms with E-state index in [1.165, 1.54) is 0 Å². The average molecular weight is 436 g/mol. The largest absolute Gasteiger partial charge is 0.492 e. The van der Waals surface area contributed by atoms with Gasteiger partial charge in [0.1, 0.15) is 12.4 Å². The number of hydrogen-bond acceptors (Lipinski definition) is 5. The van der Waals surface area contributed by atoms with Crippen molar-refractivity contribution in [2.75, 3.05) is 39.5 Å². The predicted molar refractivity (Wildman–Crippen MR) is 118 cm³/mol. The Bertz CT molecular complexity index is 553. The molecule has 0 saturated carbocycles. The highest BCUT2D eigenvalue weighted by molar-refractivity contribution is 5.85. The van der Waals surface area contributed by atoms with Crippen molar-refractivity contribution in [2.45, 2.75) is 39.3 Å².